The van der Waals surface area contributed by atoms with Gasteiger partial charge in [-0.05, 0) is 54.3 Å². The van der Waals surface area contributed by atoms with Gasteiger partial charge in [-0.3, -0.25) is 9.78 Å². The van der Waals surface area contributed by atoms with Crippen molar-refractivity contribution in [2.24, 2.45) is 0 Å². The maximum Gasteiger partial charge on any atom is 0.268 e. The molecular weight excluding hydrogens is 434 g/mol. The van der Waals surface area contributed by atoms with E-state index in [0.29, 0.717) is 17.1 Å². The number of anilines is 1. The van der Waals surface area contributed by atoms with Crippen LogP contribution in [0.4, 0.5) is 5.69 Å². The summed E-state index contributed by atoms with van der Waals surface area (Å²) in [5, 5.41) is 0.543. The van der Waals surface area contributed by atoms with Crippen molar-refractivity contribution in [3.05, 3.63) is 89.2 Å². The minimum absolute atomic E-state index is 0.0173. The van der Waals surface area contributed by atoms with E-state index >= 15 is 0 Å². The van der Waals surface area contributed by atoms with Crippen molar-refractivity contribution < 1.29 is 13.2 Å². The summed E-state index contributed by atoms with van der Waals surface area (Å²) in [5.74, 6) is -0.490. The Morgan fingerprint density at radius 2 is 1.84 bits per heavy atom. The quantitative estimate of drug-likeness (QED) is 0.563. The largest absolute Gasteiger partial charge is 0.362 e. The van der Waals surface area contributed by atoms with E-state index in [1.165, 1.54) is 24.0 Å². The van der Waals surface area contributed by atoms with Gasteiger partial charge in [-0.15, -0.1) is 0 Å². The normalized spacial score (nSPS) is 13.5. The van der Waals surface area contributed by atoms with Crippen LogP contribution in [0, 0.1) is 0 Å². The number of fused-ring (bicyclic) bond motifs is 1. The molecule has 1 aliphatic rings. The summed E-state index contributed by atoms with van der Waals surface area (Å²) in [6.45, 7) is 0.595. The molecular formula is C23H22ClN3O3S. The number of pyridine rings is 1. The van der Waals surface area contributed by atoms with E-state index in [1.54, 1.807) is 30.3 Å². The second-order valence-electron chi connectivity index (χ2n) is 7.37. The molecule has 0 radical (unpaired) electrons. The summed E-state index contributed by atoms with van der Waals surface area (Å²) in [4.78, 5) is 19.2. The number of amides is 1. The zero-order chi connectivity index (χ0) is 21.8. The summed E-state index contributed by atoms with van der Waals surface area (Å²) < 4.78 is 27.6. The number of halogens is 1. The molecule has 2 aromatic carbocycles. The van der Waals surface area contributed by atoms with Crippen LogP contribution in [0.3, 0.4) is 0 Å². The molecule has 2 heterocycles. The number of nitrogens with zero attached hydrogens (tertiary/aromatic N) is 3. The Labute approximate surface area is 187 Å². The van der Waals surface area contributed by atoms with Gasteiger partial charge in [0.05, 0.1) is 13.1 Å². The first-order valence-corrected chi connectivity index (χ1v) is 11.8. The number of carbonyl (C=O) groups is 1. The number of hydrogen-bond donors (Lipinski definition) is 0. The molecule has 0 unspecified atom stereocenters. The fourth-order valence-electron chi connectivity index (χ4n) is 3.71. The lowest BCUT2D eigenvalue weighted by Gasteiger charge is -2.32. The molecule has 0 N–H and O–H groups in total. The van der Waals surface area contributed by atoms with Crippen LogP contribution in [0.25, 0.3) is 0 Å². The zero-order valence-corrected chi connectivity index (χ0v) is 18.4. The lowest BCUT2D eigenvalue weighted by atomic mass is 10.0. The van der Waals surface area contributed by atoms with Gasteiger partial charge in [-0.25, -0.2) is 12.7 Å². The number of hydrogen-bond acceptors (Lipinski definition) is 5. The molecule has 0 atom stereocenters. The molecule has 0 spiro atoms. The molecule has 1 aromatic heterocycles. The smallest absolute Gasteiger partial charge is 0.268 e. The van der Waals surface area contributed by atoms with E-state index < -0.39 is 15.9 Å². The molecule has 1 amide bonds. The lowest BCUT2D eigenvalue weighted by Crippen LogP contribution is -2.44. The fourth-order valence-corrected chi connectivity index (χ4v) is 5.18. The van der Waals surface area contributed by atoms with Crippen LogP contribution in [0.1, 0.15) is 17.5 Å². The number of benzene rings is 2. The Hall–Kier alpha value is -2.90. The number of para-hydroxylation sites is 1. The van der Waals surface area contributed by atoms with Crippen molar-refractivity contribution in [3.63, 3.8) is 0 Å². The molecule has 0 saturated heterocycles. The summed E-state index contributed by atoms with van der Waals surface area (Å²) in [6.07, 6.45) is 4.61. The van der Waals surface area contributed by atoms with Gasteiger partial charge in [0.25, 0.3) is 15.9 Å². The van der Waals surface area contributed by atoms with Crippen molar-refractivity contribution in [2.45, 2.75) is 24.3 Å². The molecule has 31 heavy (non-hydrogen) atoms. The highest BCUT2D eigenvalue weighted by molar-refractivity contribution is 7.89. The molecule has 0 aliphatic carbocycles. The molecule has 6 nitrogen and oxygen atoms in total. The van der Waals surface area contributed by atoms with Crippen molar-refractivity contribution in [2.75, 3.05) is 18.0 Å². The van der Waals surface area contributed by atoms with Crippen LogP contribution >= 0.6 is 11.6 Å². The van der Waals surface area contributed by atoms with Crippen molar-refractivity contribution in [1.82, 2.24) is 9.29 Å². The number of aromatic nitrogens is 1. The molecule has 0 fully saturated rings. The van der Waals surface area contributed by atoms with Gasteiger partial charge in [0.2, 0.25) is 0 Å². The number of carbonyl (C=O) groups excluding carboxylic acids is 1. The molecule has 4 rings (SSSR count). The van der Waals surface area contributed by atoms with Crippen LogP contribution in [-0.2, 0) is 27.8 Å². The molecule has 160 valence electrons. The van der Waals surface area contributed by atoms with E-state index in [1.807, 2.05) is 29.2 Å². The van der Waals surface area contributed by atoms with E-state index in [2.05, 4.69) is 4.98 Å². The predicted molar refractivity (Wildman–Crippen MR) is 120 cm³/mol. The van der Waals surface area contributed by atoms with Gasteiger partial charge in [0.1, 0.15) is 4.90 Å². The number of rotatable bonds is 6. The molecule has 0 saturated carbocycles. The van der Waals surface area contributed by atoms with Crippen molar-refractivity contribution >= 4 is 33.2 Å². The maximum atomic E-state index is 13.4. The van der Waals surface area contributed by atoms with E-state index in [9.17, 15) is 13.2 Å². The van der Waals surface area contributed by atoms with E-state index in [0.717, 1.165) is 22.8 Å². The van der Waals surface area contributed by atoms with Crippen LogP contribution in [-0.4, -0.2) is 36.7 Å². The Balaban J connectivity index is 1.65. The number of sulfonamides is 1. The Kier molecular flexibility index (Phi) is 6.25. The second-order valence-corrected chi connectivity index (χ2v) is 9.67. The highest BCUT2D eigenvalue weighted by atomic mass is 35.5. The average molecular weight is 456 g/mol. The van der Waals surface area contributed by atoms with Crippen molar-refractivity contribution in [3.8, 4) is 0 Å². The topological polar surface area (TPSA) is 70.6 Å². The van der Waals surface area contributed by atoms with E-state index in [-0.39, 0.29) is 18.0 Å². The minimum atomic E-state index is -4.08. The third-order valence-electron chi connectivity index (χ3n) is 5.27. The van der Waals surface area contributed by atoms with Crippen LogP contribution in [0.5, 0.6) is 0 Å². The SMILES string of the molecule is O=C(CN1CCCc2ccccc21)N(Cc1ccc(Cl)cc1)S(=O)(=O)c1cccnc1. The van der Waals surface area contributed by atoms with Gasteiger partial charge in [0.15, 0.2) is 0 Å². The first kappa shape index (κ1) is 21.3. The van der Waals surface area contributed by atoms with Gasteiger partial charge < -0.3 is 4.90 Å². The summed E-state index contributed by atoms with van der Waals surface area (Å²) in [6, 6.07) is 17.7. The third kappa shape index (κ3) is 4.73. The van der Waals surface area contributed by atoms with Crippen LogP contribution in [0.15, 0.2) is 78.0 Å². The maximum absolute atomic E-state index is 13.4. The van der Waals surface area contributed by atoms with Gasteiger partial charge in [0, 0.05) is 29.6 Å². The van der Waals surface area contributed by atoms with Crippen LogP contribution in [0.2, 0.25) is 5.02 Å². The van der Waals surface area contributed by atoms with Gasteiger partial charge in [-0.2, -0.15) is 0 Å². The monoisotopic (exact) mass is 455 g/mol. The van der Waals surface area contributed by atoms with Crippen LogP contribution < -0.4 is 4.90 Å². The van der Waals surface area contributed by atoms with E-state index in [4.69, 9.17) is 11.6 Å². The number of aryl methyl sites for hydroxylation is 1. The highest BCUT2D eigenvalue weighted by Gasteiger charge is 2.31. The lowest BCUT2D eigenvalue weighted by molar-refractivity contribution is -0.125. The molecule has 1 aliphatic heterocycles. The molecule has 0 bridgehead atoms. The average Bonchev–Trinajstić information content (AvgIpc) is 2.79. The predicted octanol–water partition coefficient (Wildman–Crippen LogP) is 3.91. The zero-order valence-electron chi connectivity index (χ0n) is 16.8. The standard InChI is InChI=1S/C23H22ClN3O3S/c24-20-11-9-18(10-12-20)16-27(31(29,30)21-7-3-13-25-15-21)23(28)17-26-14-4-6-19-5-1-2-8-22(19)26/h1-3,5,7-13,15H,4,6,14,16-17H2. The summed E-state index contributed by atoms with van der Waals surface area (Å²) >= 11 is 5.96. The first-order chi connectivity index (χ1) is 14.9. The van der Waals surface area contributed by atoms with Gasteiger partial charge >= 0.3 is 0 Å². The Morgan fingerprint density at radius 1 is 1.06 bits per heavy atom. The molecule has 3 aromatic rings. The molecule has 8 heteroatoms. The second kappa shape index (κ2) is 9.08. The minimum Gasteiger partial charge on any atom is -0.362 e. The van der Waals surface area contributed by atoms with Gasteiger partial charge in [-0.1, -0.05) is 41.9 Å². The van der Waals surface area contributed by atoms with Crippen molar-refractivity contribution in [1.29, 1.82) is 0 Å². The first-order valence-electron chi connectivity index (χ1n) is 9.98. The fraction of sp³-hybridized carbons (Fsp3) is 0.217. The summed E-state index contributed by atoms with van der Waals surface area (Å²) in [7, 11) is -4.08. The summed E-state index contributed by atoms with van der Waals surface area (Å²) in [5.41, 5.74) is 2.82. The third-order valence-corrected chi connectivity index (χ3v) is 7.27. The Morgan fingerprint density at radius 3 is 2.58 bits per heavy atom. The highest BCUT2D eigenvalue weighted by Crippen LogP contribution is 2.27. The Bertz CT molecular complexity index is 1170.